The van der Waals surface area contributed by atoms with Gasteiger partial charge in [-0.2, -0.15) is 0 Å². The summed E-state index contributed by atoms with van der Waals surface area (Å²) in [7, 11) is 0. The van der Waals surface area contributed by atoms with E-state index < -0.39 is 6.10 Å². The lowest BCUT2D eigenvalue weighted by Gasteiger charge is -2.27. The van der Waals surface area contributed by atoms with Crippen molar-refractivity contribution < 1.29 is 27.0 Å². The molecule has 2 aliphatic rings. The van der Waals surface area contributed by atoms with Crippen LogP contribution >= 0.6 is 0 Å². The normalized spacial score (nSPS) is 19.7. The Labute approximate surface area is 132 Å². The Balaban J connectivity index is 0.00000161. The minimum atomic E-state index is -0.423. The van der Waals surface area contributed by atoms with E-state index in [1.807, 2.05) is 18.2 Å². The Morgan fingerprint density at radius 3 is 2.52 bits per heavy atom. The van der Waals surface area contributed by atoms with Crippen LogP contribution in [-0.4, -0.2) is 42.9 Å². The smallest absolute Gasteiger partial charge is 0.161 e. The van der Waals surface area contributed by atoms with Gasteiger partial charge in [0.1, 0.15) is 13.2 Å². The molecule has 0 radical (unpaired) electrons. The standard InChI is InChI=1S/C16H23NO3.ClH/c18-14(6-9-17-7-2-1-3-8-17)13-4-5-15-16(12-13)20-11-10-19-15;/h4-5,12,14,18H,1-3,6-11H2;1H/p-1. The van der Waals surface area contributed by atoms with Crippen molar-refractivity contribution in [2.24, 2.45) is 0 Å². The van der Waals surface area contributed by atoms with E-state index in [1.54, 1.807) is 0 Å². The number of hydrogen-bond donors (Lipinski definition) is 1. The fraction of sp³-hybridized carbons (Fsp3) is 0.625. The van der Waals surface area contributed by atoms with Gasteiger partial charge >= 0.3 is 0 Å². The predicted molar refractivity (Wildman–Crippen MR) is 77.3 cm³/mol. The van der Waals surface area contributed by atoms with Crippen LogP contribution in [0.3, 0.4) is 0 Å². The molecule has 2 aliphatic heterocycles. The Hall–Kier alpha value is -0.970. The number of aliphatic hydroxyl groups is 1. The van der Waals surface area contributed by atoms with Gasteiger partial charge in [0.25, 0.3) is 0 Å². The van der Waals surface area contributed by atoms with E-state index in [0.717, 1.165) is 30.0 Å². The molecule has 1 saturated heterocycles. The molecule has 118 valence electrons. The van der Waals surface area contributed by atoms with Crippen molar-refractivity contribution in [3.05, 3.63) is 23.8 Å². The molecule has 1 aromatic rings. The van der Waals surface area contributed by atoms with Gasteiger partial charge < -0.3 is 31.9 Å². The lowest BCUT2D eigenvalue weighted by molar-refractivity contribution is -0.00000663. The number of aliphatic hydroxyl groups excluding tert-OH is 1. The van der Waals surface area contributed by atoms with Gasteiger partial charge in [0.15, 0.2) is 11.5 Å². The molecule has 3 rings (SSSR count). The monoisotopic (exact) mass is 312 g/mol. The average Bonchev–Trinajstić information content (AvgIpc) is 2.53. The second-order valence-electron chi connectivity index (χ2n) is 5.61. The Morgan fingerprint density at radius 2 is 1.76 bits per heavy atom. The fourth-order valence-electron chi connectivity index (χ4n) is 2.92. The molecule has 0 bridgehead atoms. The van der Waals surface area contributed by atoms with Crippen molar-refractivity contribution in [3.8, 4) is 11.5 Å². The topological polar surface area (TPSA) is 41.9 Å². The second kappa shape index (κ2) is 7.87. The van der Waals surface area contributed by atoms with E-state index >= 15 is 0 Å². The maximum absolute atomic E-state index is 10.3. The van der Waals surface area contributed by atoms with E-state index in [1.165, 1.54) is 32.4 Å². The van der Waals surface area contributed by atoms with Crippen LogP contribution in [0.5, 0.6) is 11.5 Å². The van der Waals surface area contributed by atoms with E-state index in [4.69, 9.17) is 9.47 Å². The molecule has 0 saturated carbocycles. The van der Waals surface area contributed by atoms with Gasteiger partial charge in [0.05, 0.1) is 6.10 Å². The largest absolute Gasteiger partial charge is 1.00 e. The molecule has 4 nitrogen and oxygen atoms in total. The molecule has 1 atom stereocenters. The number of hydrogen-bond acceptors (Lipinski definition) is 4. The quantitative estimate of drug-likeness (QED) is 0.804. The molecule has 1 fully saturated rings. The van der Waals surface area contributed by atoms with Crippen LogP contribution < -0.4 is 21.9 Å². The number of ether oxygens (including phenoxy) is 2. The van der Waals surface area contributed by atoms with Crippen molar-refractivity contribution >= 4 is 0 Å². The van der Waals surface area contributed by atoms with Crippen LogP contribution in [0.2, 0.25) is 0 Å². The van der Waals surface area contributed by atoms with E-state index in [9.17, 15) is 5.11 Å². The summed E-state index contributed by atoms with van der Waals surface area (Å²) in [5.41, 5.74) is 0.922. The van der Waals surface area contributed by atoms with Crippen LogP contribution in [0.4, 0.5) is 0 Å². The Morgan fingerprint density at radius 1 is 1.05 bits per heavy atom. The SMILES string of the molecule is OC(CCN1CCCCC1)c1ccc2c(c1)OCCO2.[Cl-]. The van der Waals surface area contributed by atoms with Crippen LogP contribution in [0.25, 0.3) is 0 Å². The van der Waals surface area contributed by atoms with Crippen LogP contribution in [0.1, 0.15) is 37.4 Å². The summed E-state index contributed by atoms with van der Waals surface area (Å²) < 4.78 is 11.1. The summed E-state index contributed by atoms with van der Waals surface area (Å²) in [6.07, 6.45) is 4.29. The zero-order valence-electron chi connectivity index (χ0n) is 12.3. The van der Waals surface area contributed by atoms with Crippen molar-refractivity contribution in [1.82, 2.24) is 4.90 Å². The van der Waals surface area contributed by atoms with E-state index in [0.29, 0.717) is 13.2 Å². The lowest BCUT2D eigenvalue weighted by Crippen LogP contribution is -3.00. The van der Waals surface area contributed by atoms with Gasteiger partial charge in [0, 0.05) is 6.54 Å². The highest BCUT2D eigenvalue weighted by Gasteiger charge is 2.17. The number of fused-ring (bicyclic) bond motifs is 1. The molecular formula is C16H23ClNO3-. The van der Waals surface area contributed by atoms with Crippen molar-refractivity contribution in [1.29, 1.82) is 0 Å². The number of likely N-dealkylation sites (tertiary alicyclic amines) is 1. The van der Waals surface area contributed by atoms with E-state index in [2.05, 4.69) is 4.90 Å². The summed E-state index contributed by atoms with van der Waals surface area (Å²) in [5, 5.41) is 10.3. The Bertz CT molecular complexity index is 449. The molecule has 5 heteroatoms. The third-order valence-corrected chi connectivity index (χ3v) is 4.12. The summed E-state index contributed by atoms with van der Waals surface area (Å²) in [6, 6.07) is 5.75. The summed E-state index contributed by atoms with van der Waals surface area (Å²) >= 11 is 0. The molecule has 21 heavy (non-hydrogen) atoms. The molecule has 0 aliphatic carbocycles. The van der Waals surface area contributed by atoms with Gasteiger partial charge in [-0.05, 0) is 50.0 Å². The molecule has 2 heterocycles. The average molecular weight is 313 g/mol. The lowest BCUT2D eigenvalue weighted by atomic mass is 10.0. The highest BCUT2D eigenvalue weighted by atomic mass is 35.5. The second-order valence-corrected chi connectivity index (χ2v) is 5.61. The van der Waals surface area contributed by atoms with Crippen LogP contribution in [-0.2, 0) is 0 Å². The molecule has 0 spiro atoms. The first-order valence-electron chi connectivity index (χ1n) is 7.63. The molecule has 0 aromatic heterocycles. The summed E-state index contributed by atoms with van der Waals surface area (Å²) in [4.78, 5) is 2.45. The first kappa shape index (κ1) is 16.4. The predicted octanol–water partition coefficient (Wildman–Crippen LogP) is -0.629. The number of rotatable bonds is 4. The van der Waals surface area contributed by atoms with Crippen molar-refractivity contribution in [3.63, 3.8) is 0 Å². The molecule has 1 N–H and O–H groups in total. The zero-order chi connectivity index (χ0) is 13.8. The fourth-order valence-corrected chi connectivity index (χ4v) is 2.92. The maximum atomic E-state index is 10.3. The van der Waals surface area contributed by atoms with Gasteiger partial charge in [-0.15, -0.1) is 0 Å². The van der Waals surface area contributed by atoms with E-state index in [-0.39, 0.29) is 12.4 Å². The van der Waals surface area contributed by atoms with Gasteiger partial charge in [-0.3, -0.25) is 0 Å². The number of nitrogens with zero attached hydrogens (tertiary/aromatic N) is 1. The minimum absolute atomic E-state index is 0. The highest BCUT2D eigenvalue weighted by molar-refractivity contribution is 5.44. The van der Waals surface area contributed by atoms with Gasteiger partial charge in [0.2, 0.25) is 0 Å². The third kappa shape index (κ3) is 4.25. The molecule has 0 amide bonds. The molecule has 1 aromatic carbocycles. The van der Waals surface area contributed by atoms with Crippen molar-refractivity contribution in [2.75, 3.05) is 32.8 Å². The summed E-state index contributed by atoms with van der Waals surface area (Å²) in [5.74, 6) is 1.54. The van der Waals surface area contributed by atoms with Crippen LogP contribution in [0.15, 0.2) is 18.2 Å². The van der Waals surface area contributed by atoms with Gasteiger partial charge in [-0.25, -0.2) is 0 Å². The zero-order valence-corrected chi connectivity index (χ0v) is 13.0. The first-order chi connectivity index (χ1) is 9.83. The minimum Gasteiger partial charge on any atom is -1.00 e. The first-order valence-corrected chi connectivity index (χ1v) is 7.63. The molecular weight excluding hydrogens is 290 g/mol. The van der Waals surface area contributed by atoms with Crippen molar-refractivity contribution in [2.45, 2.75) is 31.8 Å². The number of piperidine rings is 1. The molecule has 1 unspecified atom stereocenters. The maximum Gasteiger partial charge on any atom is 0.161 e. The highest BCUT2D eigenvalue weighted by Crippen LogP contribution is 2.33. The Kier molecular flexibility index (Phi) is 6.15. The summed E-state index contributed by atoms with van der Waals surface area (Å²) in [6.45, 7) is 4.50. The number of halogens is 1. The van der Waals surface area contributed by atoms with Gasteiger partial charge in [-0.1, -0.05) is 12.5 Å². The van der Waals surface area contributed by atoms with Crippen LogP contribution in [0, 0.1) is 0 Å². The number of benzene rings is 1. The third-order valence-electron chi connectivity index (χ3n) is 4.12.